The standard InChI is InChI=1S/C23H32N4O5S/c1-23(2,3)27-18-10-12-25(15-16(18)14-24-27)22(28)19-7-6-11-26(19)33(29,30)17-8-9-20(31-4)21(13-17)32-5/h8-9,13-14,19H,6-7,10-12,15H2,1-5H3. The number of rotatable bonds is 5. The first-order valence-electron chi connectivity index (χ1n) is 11.2. The van der Waals surface area contributed by atoms with E-state index in [-0.39, 0.29) is 16.3 Å². The summed E-state index contributed by atoms with van der Waals surface area (Å²) in [5.41, 5.74) is 2.04. The zero-order chi connectivity index (χ0) is 24.0. The Labute approximate surface area is 195 Å². The van der Waals surface area contributed by atoms with E-state index in [9.17, 15) is 13.2 Å². The zero-order valence-corrected chi connectivity index (χ0v) is 20.7. The fraction of sp³-hybridized carbons (Fsp3) is 0.565. The molecule has 0 saturated carbocycles. The lowest BCUT2D eigenvalue weighted by molar-refractivity contribution is -0.135. The molecule has 0 radical (unpaired) electrons. The minimum Gasteiger partial charge on any atom is -0.493 e. The SMILES string of the molecule is COc1ccc(S(=O)(=O)N2CCCC2C(=O)N2CCc3c(cnn3C(C)(C)C)C2)cc1OC. The van der Waals surface area contributed by atoms with Crippen molar-refractivity contribution in [2.75, 3.05) is 27.3 Å². The van der Waals surface area contributed by atoms with E-state index in [1.165, 1.54) is 30.7 Å². The summed E-state index contributed by atoms with van der Waals surface area (Å²) in [4.78, 5) is 15.3. The summed E-state index contributed by atoms with van der Waals surface area (Å²) in [5.74, 6) is 0.635. The Kier molecular flexibility index (Phi) is 6.17. The van der Waals surface area contributed by atoms with Crippen LogP contribution in [-0.2, 0) is 33.3 Å². The van der Waals surface area contributed by atoms with Crippen molar-refractivity contribution in [2.24, 2.45) is 0 Å². The monoisotopic (exact) mass is 476 g/mol. The van der Waals surface area contributed by atoms with Crippen molar-refractivity contribution in [3.63, 3.8) is 0 Å². The van der Waals surface area contributed by atoms with Crippen LogP contribution < -0.4 is 9.47 Å². The second-order valence-electron chi connectivity index (χ2n) is 9.50. The van der Waals surface area contributed by atoms with Crippen LogP contribution in [0.4, 0.5) is 0 Å². The molecule has 1 saturated heterocycles. The fourth-order valence-corrected chi connectivity index (χ4v) is 6.36. The number of carbonyl (C=O) groups is 1. The van der Waals surface area contributed by atoms with Crippen molar-refractivity contribution < 1.29 is 22.7 Å². The molecule has 3 heterocycles. The Morgan fingerprint density at radius 2 is 1.85 bits per heavy atom. The third kappa shape index (κ3) is 4.21. The third-order valence-corrected chi connectivity index (χ3v) is 8.24. The van der Waals surface area contributed by atoms with Gasteiger partial charge in [-0.25, -0.2) is 8.42 Å². The van der Waals surface area contributed by atoms with Crippen molar-refractivity contribution in [1.82, 2.24) is 19.0 Å². The molecule has 2 aromatic rings. The number of nitrogens with zero attached hydrogens (tertiary/aromatic N) is 4. The number of ether oxygens (including phenoxy) is 2. The van der Waals surface area contributed by atoms with Gasteiger partial charge in [-0.15, -0.1) is 0 Å². The van der Waals surface area contributed by atoms with Gasteiger partial charge in [0.1, 0.15) is 6.04 Å². The molecule has 180 valence electrons. The molecule has 1 aromatic heterocycles. The van der Waals surface area contributed by atoms with E-state index in [0.717, 1.165) is 11.3 Å². The van der Waals surface area contributed by atoms with Crippen molar-refractivity contribution in [3.05, 3.63) is 35.7 Å². The quantitative estimate of drug-likeness (QED) is 0.658. The molecule has 0 bridgehead atoms. The zero-order valence-electron chi connectivity index (χ0n) is 19.9. The van der Waals surface area contributed by atoms with Gasteiger partial charge in [0, 0.05) is 43.4 Å². The third-order valence-electron chi connectivity index (χ3n) is 6.33. The summed E-state index contributed by atoms with van der Waals surface area (Å²) >= 11 is 0. The Hall–Kier alpha value is -2.59. The van der Waals surface area contributed by atoms with Crippen LogP contribution in [-0.4, -0.2) is 66.7 Å². The number of methoxy groups -OCH3 is 2. The van der Waals surface area contributed by atoms with Crippen LogP contribution in [0.2, 0.25) is 0 Å². The molecule has 0 N–H and O–H groups in total. The van der Waals surface area contributed by atoms with Crippen LogP contribution in [0.1, 0.15) is 44.9 Å². The van der Waals surface area contributed by atoms with E-state index in [2.05, 4.69) is 25.9 Å². The lowest BCUT2D eigenvalue weighted by Gasteiger charge is -2.33. The number of hydrogen-bond acceptors (Lipinski definition) is 6. The molecule has 1 fully saturated rings. The van der Waals surface area contributed by atoms with Gasteiger partial charge in [0.2, 0.25) is 15.9 Å². The predicted molar refractivity (Wildman–Crippen MR) is 123 cm³/mol. The molecule has 0 spiro atoms. The highest BCUT2D eigenvalue weighted by Gasteiger charge is 2.42. The van der Waals surface area contributed by atoms with Crippen molar-refractivity contribution in [3.8, 4) is 11.5 Å². The molecule has 2 aliphatic heterocycles. The maximum Gasteiger partial charge on any atom is 0.243 e. The molecule has 1 amide bonds. The van der Waals surface area contributed by atoms with Gasteiger partial charge in [-0.1, -0.05) is 0 Å². The van der Waals surface area contributed by atoms with E-state index in [0.29, 0.717) is 50.4 Å². The number of aromatic nitrogens is 2. The van der Waals surface area contributed by atoms with Gasteiger partial charge >= 0.3 is 0 Å². The molecule has 0 aliphatic carbocycles. The van der Waals surface area contributed by atoms with Gasteiger partial charge in [0.25, 0.3) is 0 Å². The highest BCUT2D eigenvalue weighted by atomic mass is 32.2. The lowest BCUT2D eigenvalue weighted by atomic mass is 10.0. The first kappa shape index (κ1) is 23.6. The number of fused-ring (bicyclic) bond motifs is 1. The van der Waals surface area contributed by atoms with Gasteiger partial charge in [-0.05, 0) is 45.7 Å². The second-order valence-corrected chi connectivity index (χ2v) is 11.4. The molecule has 33 heavy (non-hydrogen) atoms. The van der Waals surface area contributed by atoms with Crippen LogP contribution in [0.25, 0.3) is 0 Å². The van der Waals surface area contributed by atoms with E-state index in [4.69, 9.17) is 9.47 Å². The predicted octanol–water partition coefficient (Wildman–Crippen LogP) is 2.39. The molecule has 1 atom stereocenters. The van der Waals surface area contributed by atoms with Crippen LogP contribution >= 0.6 is 0 Å². The van der Waals surface area contributed by atoms with Gasteiger partial charge < -0.3 is 14.4 Å². The Bertz CT molecular complexity index is 1150. The smallest absolute Gasteiger partial charge is 0.243 e. The first-order valence-corrected chi connectivity index (χ1v) is 12.6. The average Bonchev–Trinajstić information content (AvgIpc) is 3.45. The van der Waals surface area contributed by atoms with E-state index in [1.54, 1.807) is 11.0 Å². The summed E-state index contributed by atoms with van der Waals surface area (Å²) in [7, 11) is -0.913. The summed E-state index contributed by atoms with van der Waals surface area (Å²) < 4.78 is 40.8. The Morgan fingerprint density at radius 1 is 1.12 bits per heavy atom. The molecule has 4 rings (SSSR count). The lowest BCUT2D eigenvalue weighted by Crippen LogP contribution is -2.49. The van der Waals surface area contributed by atoms with Gasteiger partial charge in [-0.3, -0.25) is 9.48 Å². The average molecular weight is 477 g/mol. The first-order chi connectivity index (χ1) is 15.6. The number of hydrogen-bond donors (Lipinski definition) is 0. The molecular formula is C23H32N4O5S. The molecule has 10 heteroatoms. The number of carbonyl (C=O) groups excluding carboxylic acids is 1. The minimum absolute atomic E-state index is 0.0900. The topological polar surface area (TPSA) is 94.0 Å². The maximum atomic E-state index is 13.5. The highest BCUT2D eigenvalue weighted by Crippen LogP contribution is 2.34. The number of amides is 1. The second kappa shape index (κ2) is 8.64. The minimum atomic E-state index is -3.87. The summed E-state index contributed by atoms with van der Waals surface area (Å²) in [6, 6.07) is 3.80. The van der Waals surface area contributed by atoms with E-state index < -0.39 is 16.1 Å². The van der Waals surface area contributed by atoms with E-state index in [1.807, 2.05) is 10.9 Å². The van der Waals surface area contributed by atoms with Gasteiger partial charge in [0.05, 0.1) is 30.9 Å². The molecule has 2 aliphatic rings. The molecule has 9 nitrogen and oxygen atoms in total. The van der Waals surface area contributed by atoms with Crippen LogP contribution in [0.3, 0.4) is 0 Å². The summed E-state index contributed by atoms with van der Waals surface area (Å²) in [6.45, 7) is 7.63. The largest absolute Gasteiger partial charge is 0.493 e. The van der Waals surface area contributed by atoms with Crippen molar-refractivity contribution >= 4 is 15.9 Å². The molecular weight excluding hydrogens is 444 g/mol. The number of sulfonamides is 1. The summed E-state index contributed by atoms with van der Waals surface area (Å²) in [5, 5.41) is 4.53. The number of benzene rings is 1. The fourth-order valence-electron chi connectivity index (χ4n) is 4.70. The van der Waals surface area contributed by atoms with Crippen molar-refractivity contribution in [1.29, 1.82) is 0 Å². The summed E-state index contributed by atoms with van der Waals surface area (Å²) in [6.07, 6.45) is 3.68. The van der Waals surface area contributed by atoms with Crippen LogP contribution in [0.15, 0.2) is 29.3 Å². The molecule has 1 unspecified atom stereocenters. The van der Waals surface area contributed by atoms with Crippen LogP contribution in [0, 0.1) is 0 Å². The van der Waals surface area contributed by atoms with E-state index >= 15 is 0 Å². The highest BCUT2D eigenvalue weighted by molar-refractivity contribution is 7.89. The normalized spacial score (nSPS) is 19.4. The van der Waals surface area contributed by atoms with Crippen LogP contribution in [0.5, 0.6) is 11.5 Å². The Balaban J connectivity index is 1.56. The maximum absolute atomic E-state index is 13.5. The van der Waals surface area contributed by atoms with Crippen molar-refractivity contribution in [2.45, 2.75) is 63.1 Å². The van der Waals surface area contributed by atoms with Gasteiger partial charge in [-0.2, -0.15) is 9.40 Å². The molecule has 1 aromatic carbocycles. The van der Waals surface area contributed by atoms with Gasteiger partial charge in [0.15, 0.2) is 11.5 Å². The Morgan fingerprint density at radius 3 is 2.52 bits per heavy atom.